The summed E-state index contributed by atoms with van der Waals surface area (Å²) in [5.41, 5.74) is 1.15. The van der Waals surface area contributed by atoms with E-state index in [-0.39, 0.29) is 10.3 Å². The van der Waals surface area contributed by atoms with E-state index in [9.17, 15) is 8.42 Å². The highest BCUT2D eigenvalue weighted by Gasteiger charge is 2.29. The number of aryl methyl sites for hydroxylation is 1. The van der Waals surface area contributed by atoms with E-state index >= 15 is 0 Å². The minimum Gasteiger partial charge on any atom is -0.211 e. The lowest BCUT2D eigenvalue weighted by Gasteiger charge is -2.33. The van der Waals surface area contributed by atoms with Crippen LogP contribution in [0.5, 0.6) is 0 Å². The first-order valence-electron chi connectivity index (χ1n) is 7.37. The Hall–Kier alpha value is -1.38. The van der Waals surface area contributed by atoms with Gasteiger partial charge in [-0.15, -0.1) is 0 Å². The van der Waals surface area contributed by atoms with E-state index in [4.69, 9.17) is 5.26 Å². The second kappa shape index (κ2) is 6.17. The normalized spacial score (nSPS) is 18.1. The highest BCUT2D eigenvalue weighted by Crippen LogP contribution is 2.35. The van der Waals surface area contributed by atoms with Gasteiger partial charge in [0.2, 0.25) is 10.0 Å². The van der Waals surface area contributed by atoms with Gasteiger partial charge in [-0.1, -0.05) is 26.2 Å². The molecule has 0 aromatic heterocycles. The zero-order chi connectivity index (χ0) is 15.5. The molecule has 0 radical (unpaired) electrons. The first-order valence-corrected chi connectivity index (χ1v) is 8.85. The molecular formula is C16H22N2O2S. The standard InChI is InChI=1S/C16H22N2O2S/c1-13-10-14(11-17)6-7-15(13)21(19,20)18-12-16(2)8-4-3-5-9-16/h6-7,10,18H,3-5,8-9,12H2,1-2H3. The van der Waals surface area contributed by atoms with E-state index in [0.29, 0.717) is 17.7 Å². The van der Waals surface area contributed by atoms with E-state index < -0.39 is 10.0 Å². The molecule has 1 aliphatic carbocycles. The Morgan fingerprint density at radius 2 is 1.95 bits per heavy atom. The number of nitrogens with one attached hydrogen (secondary N) is 1. The van der Waals surface area contributed by atoms with Gasteiger partial charge in [-0.2, -0.15) is 5.26 Å². The molecule has 0 atom stereocenters. The number of sulfonamides is 1. The SMILES string of the molecule is Cc1cc(C#N)ccc1S(=O)(=O)NCC1(C)CCCCC1. The molecule has 1 N–H and O–H groups in total. The van der Waals surface area contributed by atoms with E-state index in [1.807, 2.05) is 6.07 Å². The number of nitrogens with zero attached hydrogens (tertiary/aromatic N) is 1. The van der Waals surface area contributed by atoms with Gasteiger partial charge in [0.15, 0.2) is 0 Å². The van der Waals surface area contributed by atoms with Crippen molar-refractivity contribution in [2.45, 2.75) is 50.8 Å². The molecule has 0 bridgehead atoms. The summed E-state index contributed by atoms with van der Waals surface area (Å²) < 4.78 is 27.6. The first-order chi connectivity index (χ1) is 9.86. The monoisotopic (exact) mass is 306 g/mol. The maximum Gasteiger partial charge on any atom is 0.240 e. The lowest BCUT2D eigenvalue weighted by atomic mass is 9.76. The van der Waals surface area contributed by atoms with Gasteiger partial charge in [0.05, 0.1) is 16.5 Å². The van der Waals surface area contributed by atoms with Crippen molar-refractivity contribution >= 4 is 10.0 Å². The molecule has 114 valence electrons. The van der Waals surface area contributed by atoms with E-state index in [1.165, 1.54) is 25.3 Å². The Labute approximate surface area is 127 Å². The van der Waals surface area contributed by atoms with Gasteiger partial charge in [-0.3, -0.25) is 0 Å². The molecule has 0 spiro atoms. The lowest BCUT2D eigenvalue weighted by molar-refractivity contribution is 0.219. The number of hydrogen-bond donors (Lipinski definition) is 1. The minimum absolute atomic E-state index is 0.0613. The quantitative estimate of drug-likeness (QED) is 0.929. The predicted molar refractivity (Wildman–Crippen MR) is 82.3 cm³/mol. The Morgan fingerprint density at radius 3 is 2.52 bits per heavy atom. The lowest BCUT2D eigenvalue weighted by Crippen LogP contribution is -2.37. The van der Waals surface area contributed by atoms with Crippen molar-refractivity contribution in [2.75, 3.05) is 6.54 Å². The summed E-state index contributed by atoms with van der Waals surface area (Å²) in [6.45, 7) is 4.35. The molecule has 0 heterocycles. The summed E-state index contributed by atoms with van der Waals surface area (Å²) in [6, 6.07) is 6.69. The van der Waals surface area contributed by atoms with Gasteiger partial charge in [0.1, 0.15) is 0 Å². The van der Waals surface area contributed by atoms with Crippen LogP contribution in [0.3, 0.4) is 0 Å². The third kappa shape index (κ3) is 3.84. The number of hydrogen-bond acceptors (Lipinski definition) is 3. The molecule has 0 amide bonds. The number of nitriles is 1. The van der Waals surface area contributed by atoms with Gasteiger partial charge in [0.25, 0.3) is 0 Å². The maximum atomic E-state index is 12.4. The summed E-state index contributed by atoms with van der Waals surface area (Å²) >= 11 is 0. The highest BCUT2D eigenvalue weighted by atomic mass is 32.2. The predicted octanol–water partition coefficient (Wildman–Crippen LogP) is 3.12. The number of rotatable bonds is 4. The van der Waals surface area contributed by atoms with Gasteiger partial charge in [-0.25, -0.2) is 13.1 Å². The molecule has 21 heavy (non-hydrogen) atoms. The van der Waals surface area contributed by atoms with Crippen LogP contribution in [0.4, 0.5) is 0 Å². The largest absolute Gasteiger partial charge is 0.240 e. The molecule has 5 heteroatoms. The van der Waals surface area contributed by atoms with Gasteiger partial charge < -0.3 is 0 Å². The minimum atomic E-state index is -3.51. The van der Waals surface area contributed by atoms with Crippen LogP contribution in [0.2, 0.25) is 0 Å². The first kappa shape index (κ1) is 16.0. The number of benzene rings is 1. The summed E-state index contributed by atoms with van der Waals surface area (Å²) in [5.74, 6) is 0. The fourth-order valence-electron chi connectivity index (χ4n) is 2.95. The maximum absolute atomic E-state index is 12.4. The summed E-state index contributed by atoms with van der Waals surface area (Å²) in [5, 5.41) is 8.85. The second-order valence-corrected chi connectivity index (χ2v) is 8.02. The van der Waals surface area contributed by atoms with Crippen LogP contribution in [0.1, 0.15) is 50.2 Å². The molecule has 4 nitrogen and oxygen atoms in total. The third-order valence-electron chi connectivity index (χ3n) is 4.34. The summed E-state index contributed by atoms with van der Waals surface area (Å²) in [4.78, 5) is 0.265. The van der Waals surface area contributed by atoms with Crippen LogP contribution in [0.15, 0.2) is 23.1 Å². The van der Waals surface area contributed by atoms with Crippen LogP contribution in [-0.4, -0.2) is 15.0 Å². The zero-order valence-electron chi connectivity index (χ0n) is 12.6. The van der Waals surface area contributed by atoms with E-state index in [1.54, 1.807) is 19.1 Å². The van der Waals surface area contributed by atoms with Crippen LogP contribution >= 0.6 is 0 Å². The fraction of sp³-hybridized carbons (Fsp3) is 0.562. The Morgan fingerprint density at radius 1 is 1.29 bits per heavy atom. The van der Waals surface area contributed by atoms with Crippen LogP contribution in [0.25, 0.3) is 0 Å². The third-order valence-corrected chi connectivity index (χ3v) is 5.90. The topological polar surface area (TPSA) is 70.0 Å². The van der Waals surface area contributed by atoms with Crippen LogP contribution < -0.4 is 4.72 Å². The molecule has 1 aromatic carbocycles. The van der Waals surface area contributed by atoms with Gasteiger partial charge >= 0.3 is 0 Å². The Kier molecular flexibility index (Phi) is 4.70. The van der Waals surface area contributed by atoms with Crippen molar-refractivity contribution in [3.63, 3.8) is 0 Å². The molecule has 1 fully saturated rings. The Bertz CT molecular complexity index is 653. The van der Waals surface area contributed by atoms with Crippen molar-refractivity contribution in [1.82, 2.24) is 4.72 Å². The molecule has 1 aliphatic rings. The van der Waals surface area contributed by atoms with Crippen molar-refractivity contribution in [3.8, 4) is 6.07 Å². The molecule has 0 aliphatic heterocycles. The smallest absolute Gasteiger partial charge is 0.211 e. The van der Waals surface area contributed by atoms with Crippen LogP contribution in [0, 0.1) is 23.7 Å². The summed E-state index contributed by atoms with van der Waals surface area (Å²) in [6.07, 6.45) is 5.74. The van der Waals surface area contributed by atoms with E-state index in [0.717, 1.165) is 12.8 Å². The molecular weight excluding hydrogens is 284 g/mol. The molecule has 0 unspecified atom stereocenters. The average Bonchev–Trinajstić information content (AvgIpc) is 2.46. The molecule has 1 aromatic rings. The summed E-state index contributed by atoms with van der Waals surface area (Å²) in [7, 11) is -3.51. The van der Waals surface area contributed by atoms with Gasteiger partial charge in [-0.05, 0) is 48.9 Å². The zero-order valence-corrected chi connectivity index (χ0v) is 13.5. The second-order valence-electron chi connectivity index (χ2n) is 6.29. The fourth-order valence-corrected chi connectivity index (χ4v) is 4.37. The van der Waals surface area contributed by atoms with Crippen molar-refractivity contribution in [2.24, 2.45) is 5.41 Å². The highest BCUT2D eigenvalue weighted by molar-refractivity contribution is 7.89. The van der Waals surface area contributed by atoms with E-state index in [2.05, 4.69) is 11.6 Å². The average molecular weight is 306 g/mol. The van der Waals surface area contributed by atoms with Crippen LogP contribution in [-0.2, 0) is 10.0 Å². The molecule has 1 saturated carbocycles. The Balaban J connectivity index is 2.13. The van der Waals surface area contributed by atoms with Crippen molar-refractivity contribution in [1.29, 1.82) is 5.26 Å². The van der Waals surface area contributed by atoms with Gasteiger partial charge in [0, 0.05) is 6.54 Å². The van der Waals surface area contributed by atoms with Crippen molar-refractivity contribution < 1.29 is 8.42 Å². The van der Waals surface area contributed by atoms with Crippen molar-refractivity contribution in [3.05, 3.63) is 29.3 Å². The molecule has 2 rings (SSSR count). The molecule has 0 saturated heterocycles.